The van der Waals surface area contributed by atoms with Crippen LogP contribution in [0.2, 0.25) is 0 Å². The Balaban J connectivity index is 1.44. The van der Waals surface area contributed by atoms with Crippen molar-refractivity contribution in [1.82, 2.24) is 30.0 Å². The van der Waals surface area contributed by atoms with E-state index in [0.29, 0.717) is 5.57 Å². The SMILES string of the molecule is Cn1[nH]c(=O)c(=O)nc1SCC1=C(C(=O)O)N2C(=O)C(NC(=O)C(=CCl)c3csc(NC(=O)OC(C)(C)C)n3)[C@@H]2SC1. The van der Waals surface area contributed by atoms with Crippen LogP contribution in [0, 0.1) is 0 Å². The number of aromatic nitrogens is 4. The number of β-lactam (4-membered cyclic amide) rings is 1. The van der Waals surface area contributed by atoms with Crippen molar-refractivity contribution in [2.45, 2.75) is 42.9 Å². The molecule has 0 saturated carbocycles. The minimum atomic E-state index is -1.33. The smallest absolute Gasteiger partial charge is 0.413 e. The van der Waals surface area contributed by atoms with Gasteiger partial charge in [-0.3, -0.25) is 39.2 Å². The van der Waals surface area contributed by atoms with Crippen molar-refractivity contribution in [3.05, 3.63) is 48.6 Å². The topological polar surface area (TPSA) is 206 Å². The predicted molar refractivity (Wildman–Crippen MR) is 156 cm³/mol. The van der Waals surface area contributed by atoms with Gasteiger partial charge in [0.2, 0.25) is 0 Å². The Bertz CT molecular complexity index is 1640. The van der Waals surface area contributed by atoms with Crippen LogP contribution in [0.15, 0.2) is 36.9 Å². The van der Waals surface area contributed by atoms with Gasteiger partial charge in [-0.2, -0.15) is 4.98 Å². The van der Waals surface area contributed by atoms with Gasteiger partial charge in [0.1, 0.15) is 22.7 Å². The van der Waals surface area contributed by atoms with Crippen molar-refractivity contribution in [1.29, 1.82) is 0 Å². The first kappa shape index (κ1) is 31.3. The van der Waals surface area contributed by atoms with Crippen molar-refractivity contribution in [3.8, 4) is 0 Å². The van der Waals surface area contributed by atoms with Gasteiger partial charge in [-0.25, -0.2) is 14.6 Å². The maximum Gasteiger partial charge on any atom is 0.413 e. The fraction of sp³-hybridized carbons (Fsp3) is 0.391. The number of ether oxygens (including phenoxy) is 1. The number of halogens is 1. The normalized spacial score (nSPS) is 18.7. The lowest BCUT2D eigenvalue weighted by atomic mass is 10.0. The highest BCUT2D eigenvalue weighted by molar-refractivity contribution is 8.01. The highest BCUT2D eigenvalue weighted by Crippen LogP contribution is 2.41. The lowest BCUT2D eigenvalue weighted by molar-refractivity contribution is -0.150. The highest BCUT2D eigenvalue weighted by Gasteiger charge is 2.54. The van der Waals surface area contributed by atoms with Crippen LogP contribution >= 0.6 is 46.5 Å². The van der Waals surface area contributed by atoms with Gasteiger partial charge in [-0.1, -0.05) is 23.4 Å². The monoisotopic (exact) mass is 657 g/mol. The molecule has 2 atom stereocenters. The lowest BCUT2D eigenvalue weighted by Gasteiger charge is -2.49. The minimum absolute atomic E-state index is 0.0673. The van der Waals surface area contributed by atoms with E-state index in [0.717, 1.165) is 33.5 Å². The number of nitrogens with one attached hydrogen (secondary N) is 3. The molecular formula is C23H24ClN7O8S3. The average molecular weight is 658 g/mol. The first-order chi connectivity index (χ1) is 19.7. The maximum absolute atomic E-state index is 13.1. The van der Waals surface area contributed by atoms with E-state index in [-0.39, 0.29) is 38.8 Å². The molecule has 1 fully saturated rings. The summed E-state index contributed by atoms with van der Waals surface area (Å²) < 4.78 is 6.43. The number of anilines is 1. The molecule has 2 aromatic heterocycles. The molecule has 2 aliphatic rings. The van der Waals surface area contributed by atoms with Crippen LogP contribution in [0.5, 0.6) is 0 Å². The zero-order valence-corrected chi connectivity index (χ0v) is 25.6. The van der Waals surface area contributed by atoms with Crippen molar-refractivity contribution < 1.29 is 29.0 Å². The van der Waals surface area contributed by atoms with Crippen LogP contribution in [0.25, 0.3) is 5.57 Å². The van der Waals surface area contributed by atoms with E-state index in [1.807, 2.05) is 0 Å². The van der Waals surface area contributed by atoms with Gasteiger partial charge in [0, 0.05) is 29.5 Å². The average Bonchev–Trinajstić information content (AvgIpc) is 3.34. The third-order valence-corrected chi connectivity index (χ3v) is 9.03. The number of carboxylic acid groups (broad SMARTS) is 1. The van der Waals surface area contributed by atoms with E-state index in [1.54, 1.807) is 20.8 Å². The Morgan fingerprint density at radius 3 is 2.64 bits per heavy atom. The van der Waals surface area contributed by atoms with Gasteiger partial charge >= 0.3 is 23.2 Å². The Morgan fingerprint density at radius 1 is 1.29 bits per heavy atom. The Morgan fingerprint density at radius 2 is 2.00 bits per heavy atom. The zero-order chi connectivity index (χ0) is 30.9. The quantitative estimate of drug-likeness (QED) is 0.138. The molecule has 0 bridgehead atoms. The Hall–Kier alpha value is -3.61. The van der Waals surface area contributed by atoms with Gasteiger partial charge in [-0.15, -0.1) is 23.1 Å². The highest BCUT2D eigenvalue weighted by atomic mass is 35.5. The fourth-order valence-electron chi connectivity index (χ4n) is 3.82. The molecule has 19 heteroatoms. The predicted octanol–water partition coefficient (Wildman–Crippen LogP) is 1.38. The number of nitrogens with zero attached hydrogens (tertiary/aromatic N) is 4. The molecule has 224 valence electrons. The number of carbonyl (C=O) groups excluding carboxylic acids is 3. The van der Waals surface area contributed by atoms with E-state index < -0.39 is 52.0 Å². The molecule has 1 unspecified atom stereocenters. The largest absolute Gasteiger partial charge is 0.477 e. The molecule has 2 aliphatic heterocycles. The number of amides is 3. The number of rotatable bonds is 8. The molecular weight excluding hydrogens is 634 g/mol. The Labute approximate surface area is 254 Å². The van der Waals surface area contributed by atoms with Crippen LogP contribution in [0.3, 0.4) is 0 Å². The van der Waals surface area contributed by atoms with Gasteiger partial charge in [0.25, 0.3) is 11.8 Å². The summed E-state index contributed by atoms with van der Waals surface area (Å²) in [5.74, 6) is -2.38. The van der Waals surface area contributed by atoms with Gasteiger partial charge in [0.05, 0.1) is 11.3 Å². The van der Waals surface area contributed by atoms with E-state index in [9.17, 15) is 33.9 Å². The summed E-state index contributed by atoms with van der Waals surface area (Å²) in [6.07, 6.45) is -0.724. The van der Waals surface area contributed by atoms with Crippen molar-refractivity contribution in [3.63, 3.8) is 0 Å². The van der Waals surface area contributed by atoms with E-state index in [4.69, 9.17) is 16.3 Å². The number of hydrogen-bond acceptors (Lipinski definition) is 12. The zero-order valence-electron chi connectivity index (χ0n) is 22.4. The fourth-order valence-corrected chi connectivity index (χ4v) is 7.13. The van der Waals surface area contributed by atoms with Crippen LogP contribution in [-0.4, -0.2) is 82.2 Å². The third kappa shape index (κ3) is 6.71. The number of aromatic amines is 1. The number of carboxylic acids is 1. The standard InChI is InChI=1S/C23H24ClN7O8S3/c1-23(2,3)39-22(38)28-20-25-11(8-41-20)10(5-24)14(32)26-12-17(35)31-13(19(36)37)9(6-40-18(12)31)7-42-21-27-15(33)16(34)29-30(21)4/h5,8,12,18H,6-7H2,1-4H3,(H,26,32)(H,29,34)(H,36,37)(H,25,28,38)/t12?,18-/m0/s1. The Kier molecular flexibility index (Phi) is 9.19. The summed E-state index contributed by atoms with van der Waals surface area (Å²) in [6.45, 7) is 5.12. The molecule has 4 rings (SSSR count). The van der Waals surface area contributed by atoms with Crippen molar-refractivity contribution in [2.24, 2.45) is 7.05 Å². The molecule has 2 aromatic rings. The molecule has 1 saturated heterocycles. The first-order valence-corrected chi connectivity index (χ1v) is 15.3. The van der Waals surface area contributed by atoms with E-state index in [2.05, 4.69) is 25.7 Å². The number of fused-ring (bicyclic) bond motifs is 1. The summed E-state index contributed by atoms with van der Waals surface area (Å²) in [5, 5.41) is 18.4. The number of carbonyl (C=O) groups is 4. The summed E-state index contributed by atoms with van der Waals surface area (Å²) in [6, 6.07) is -1.03. The van der Waals surface area contributed by atoms with E-state index >= 15 is 0 Å². The second-order valence-electron chi connectivity index (χ2n) is 9.79. The molecule has 0 aromatic carbocycles. The molecule has 0 spiro atoms. The number of H-pyrrole nitrogens is 1. The summed E-state index contributed by atoms with van der Waals surface area (Å²) in [5.41, 5.74) is -1.33. The number of aryl methyl sites for hydroxylation is 1. The molecule has 0 aliphatic carbocycles. The van der Waals surface area contributed by atoms with Gasteiger partial charge in [0.15, 0.2) is 10.3 Å². The summed E-state index contributed by atoms with van der Waals surface area (Å²) in [7, 11) is 1.48. The number of hydrogen-bond donors (Lipinski definition) is 4. The minimum Gasteiger partial charge on any atom is -0.477 e. The van der Waals surface area contributed by atoms with Crippen LogP contribution in [0.4, 0.5) is 9.93 Å². The molecule has 3 amide bonds. The third-order valence-electron chi connectivity index (χ3n) is 5.60. The summed E-state index contributed by atoms with van der Waals surface area (Å²) in [4.78, 5) is 82.3. The molecule has 15 nitrogen and oxygen atoms in total. The second kappa shape index (κ2) is 12.3. The van der Waals surface area contributed by atoms with Crippen molar-refractivity contribution >= 4 is 81.0 Å². The molecule has 0 radical (unpaired) electrons. The van der Waals surface area contributed by atoms with Crippen molar-refractivity contribution in [2.75, 3.05) is 16.8 Å². The van der Waals surface area contributed by atoms with E-state index in [1.165, 1.54) is 28.9 Å². The molecule has 42 heavy (non-hydrogen) atoms. The maximum atomic E-state index is 13.1. The number of aliphatic carboxylic acids is 1. The first-order valence-electron chi connectivity index (χ1n) is 12.0. The number of thioether (sulfide) groups is 2. The van der Waals surface area contributed by atoms with Gasteiger partial charge in [-0.05, 0) is 26.3 Å². The van der Waals surface area contributed by atoms with Gasteiger partial charge < -0.3 is 15.2 Å². The molecule has 4 heterocycles. The van der Waals surface area contributed by atoms with Crippen LogP contribution in [-0.2, 0) is 26.2 Å². The molecule has 4 N–H and O–H groups in total. The van der Waals surface area contributed by atoms with Crippen LogP contribution in [0.1, 0.15) is 26.5 Å². The summed E-state index contributed by atoms with van der Waals surface area (Å²) >= 11 is 9.23. The van der Waals surface area contributed by atoms with Crippen LogP contribution < -0.4 is 21.8 Å². The second-order valence-corrected chi connectivity index (χ2v) is 12.9. The lowest BCUT2D eigenvalue weighted by Crippen LogP contribution is -2.70. The number of thiazole rings is 1.